The highest BCUT2D eigenvalue weighted by atomic mass is 14.7. The van der Waals surface area contributed by atoms with Crippen molar-refractivity contribution in [3.05, 3.63) is 60.2 Å². The summed E-state index contributed by atoms with van der Waals surface area (Å²) < 4.78 is 0. The van der Waals surface area contributed by atoms with Gasteiger partial charge in [-0.1, -0.05) is 48.0 Å². The SMILES string of the molecule is Cc1cccc2[nH]c(cc1)c1ccccc21. The van der Waals surface area contributed by atoms with Crippen molar-refractivity contribution in [1.29, 1.82) is 0 Å². The lowest BCUT2D eigenvalue weighted by atomic mass is 10.1. The first-order valence-corrected chi connectivity index (χ1v) is 5.48. The Kier molecular flexibility index (Phi) is 2.03. The molecule has 3 rings (SSSR count). The van der Waals surface area contributed by atoms with E-state index in [9.17, 15) is 0 Å². The molecule has 3 aromatic rings. The number of H-pyrrole nitrogens is 1. The number of hydrogen-bond donors (Lipinski definition) is 1. The van der Waals surface area contributed by atoms with E-state index in [0.29, 0.717) is 0 Å². The highest BCUT2D eigenvalue weighted by Crippen LogP contribution is 2.23. The number of fused-ring (bicyclic) bond motifs is 5. The van der Waals surface area contributed by atoms with E-state index in [1.165, 1.54) is 27.4 Å². The summed E-state index contributed by atoms with van der Waals surface area (Å²) in [6.07, 6.45) is 0. The van der Waals surface area contributed by atoms with Crippen molar-refractivity contribution in [2.45, 2.75) is 6.92 Å². The van der Waals surface area contributed by atoms with Crippen LogP contribution in [0.5, 0.6) is 0 Å². The number of nitrogens with one attached hydrogen (secondary N) is 1. The van der Waals surface area contributed by atoms with Crippen LogP contribution in [-0.4, -0.2) is 4.98 Å². The van der Waals surface area contributed by atoms with E-state index in [-0.39, 0.29) is 0 Å². The van der Waals surface area contributed by atoms with Crippen molar-refractivity contribution < 1.29 is 0 Å². The summed E-state index contributed by atoms with van der Waals surface area (Å²) in [5.41, 5.74) is 3.63. The zero-order valence-corrected chi connectivity index (χ0v) is 9.20. The van der Waals surface area contributed by atoms with E-state index < -0.39 is 0 Å². The number of benzene rings is 1. The van der Waals surface area contributed by atoms with Gasteiger partial charge in [-0.3, -0.25) is 0 Å². The Morgan fingerprint density at radius 3 is 2.12 bits per heavy atom. The van der Waals surface area contributed by atoms with Gasteiger partial charge in [-0.25, -0.2) is 0 Å². The Morgan fingerprint density at radius 2 is 1.38 bits per heavy atom. The Hall–Kier alpha value is -2.02. The summed E-state index contributed by atoms with van der Waals surface area (Å²) in [4.78, 5) is 3.45. The van der Waals surface area contributed by atoms with Crippen LogP contribution in [0.25, 0.3) is 21.8 Å². The van der Waals surface area contributed by atoms with Gasteiger partial charge in [0, 0.05) is 21.8 Å². The fourth-order valence-electron chi connectivity index (χ4n) is 2.06. The van der Waals surface area contributed by atoms with Crippen molar-refractivity contribution in [1.82, 2.24) is 4.98 Å². The monoisotopic (exact) mass is 207 g/mol. The average Bonchev–Trinajstić information content (AvgIpc) is 2.69. The fourth-order valence-corrected chi connectivity index (χ4v) is 2.06. The topological polar surface area (TPSA) is 15.8 Å². The highest BCUT2D eigenvalue weighted by molar-refractivity contribution is 6.06. The third-order valence-corrected chi connectivity index (χ3v) is 2.91. The predicted octanol–water partition coefficient (Wildman–Crippen LogP) is 4.19. The summed E-state index contributed by atoms with van der Waals surface area (Å²) in [5.74, 6) is 0. The van der Waals surface area contributed by atoms with Gasteiger partial charge in [0.25, 0.3) is 0 Å². The zero-order chi connectivity index (χ0) is 11.0. The quantitative estimate of drug-likeness (QED) is 0.569. The summed E-state index contributed by atoms with van der Waals surface area (Å²) in [7, 11) is 0. The van der Waals surface area contributed by atoms with Gasteiger partial charge in [0.2, 0.25) is 0 Å². The molecule has 0 unspecified atom stereocenters. The van der Waals surface area contributed by atoms with Gasteiger partial charge >= 0.3 is 0 Å². The largest absolute Gasteiger partial charge is 0.355 e. The molecule has 0 saturated heterocycles. The molecule has 78 valence electrons. The Labute approximate surface area is 94.4 Å². The molecule has 1 nitrogen and oxygen atoms in total. The number of aryl methyl sites for hydroxylation is 1. The van der Waals surface area contributed by atoms with Gasteiger partial charge in [-0.05, 0) is 19.1 Å². The molecular formula is C15H13N. The number of hydrogen-bond acceptors (Lipinski definition) is 0. The van der Waals surface area contributed by atoms with Gasteiger partial charge in [0.05, 0.1) is 0 Å². The van der Waals surface area contributed by atoms with Crippen LogP contribution in [0.2, 0.25) is 0 Å². The molecule has 16 heavy (non-hydrogen) atoms. The first-order valence-electron chi connectivity index (χ1n) is 5.48. The zero-order valence-electron chi connectivity index (χ0n) is 9.20. The normalized spacial score (nSPS) is 10.8. The molecule has 1 N–H and O–H groups in total. The van der Waals surface area contributed by atoms with Gasteiger partial charge in [-0.2, -0.15) is 0 Å². The molecule has 0 aliphatic rings. The second kappa shape index (κ2) is 3.53. The van der Waals surface area contributed by atoms with Crippen LogP contribution in [0, 0.1) is 6.92 Å². The van der Waals surface area contributed by atoms with E-state index >= 15 is 0 Å². The van der Waals surface area contributed by atoms with Crippen LogP contribution in [0.4, 0.5) is 0 Å². The van der Waals surface area contributed by atoms with Crippen LogP contribution in [0.1, 0.15) is 5.56 Å². The molecule has 0 aliphatic carbocycles. The van der Waals surface area contributed by atoms with Crippen molar-refractivity contribution in [2.24, 2.45) is 0 Å². The minimum atomic E-state index is 1.18. The maximum Gasteiger partial charge on any atom is 0.0464 e. The van der Waals surface area contributed by atoms with Crippen molar-refractivity contribution in [3.63, 3.8) is 0 Å². The number of rotatable bonds is 0. The van der Waals surface area contributed by atoms with Gasteiger partial charge in [0.15, 0.2) is 0 Å². The Balaban J connectivity index is 2.56. The number of aromatic amines is 1. The highest BCUT2D eigenvalue weighted by Gasteiger charge is 1.99. The van der Waals surface area contributed by atoms with Crippen LogP contribution in [0.3, 0.4) is 0 Å². The minimum absolute atomic E-state index is 1.18. The minimum Gasteiger partial charge on any atom is -0.355 e. The lowest BCUT2D eigenvalue weighted by Crippen LogP contribution is -1.65. The maximum atomic E-state index is 3.45. The molecule has 0 amide bonds. The summed E-state index contributed by atoms with van der Waals surface area (Å²) in [6, 6.07) is 19.1. The average molecular weight is 207 g/mol. The van der Waals surface area contributed by atoms with Crippen LogP contribution in [0.15, 0.2) is 54.6 Å². The molecular weight excluding hydrogens is 194 g/mol. The second-order valence-electron chi connectivity index (χ2n) is 4.10. The van der Waals surface area contributed by atoms with Crippen molar-refractivity contribution in [3.8, 4) is 0 Å². The van der Waals surface area contributed by atoms with Crippen molar-refractivity contribution >= 4 is 21.8 Å². The maximum absolute atomic E-state index is 3.45. The van der Waals surface area contributed by atoms with E-state index in [4.69, 9.17) is 0 Å². The van der Waals surface area contributed by atoms with E-state index in [1.807, 2.05) is 0 Å². The van der Waals surface area contributed by atoms with Gasteiger partial charge in [0.1, 0.15) is 0 Å². The van der Waals surface area contributed by atoms with Crippen LogP contribution in [-0.2, 0) is 0 Å². The molecule has 2 bridgehead atoms. The molecule has 0 atom stereocenters. The third-order valence-electron chi connectivity index (χ3n) is 2.91. The second-order valence-corrected chi connectivity index (χ2v) is 4.10. The predicted molar refractivity (Wildman–Crippen MR) is 69.4 cm³/mol. The molecule has 1 aromatic carbocycles. The van der Waals surface area contributed by atoms with Crippen LogP contribution < -0.4 is 0 Å². The van der Waals surface area contributed by atoms with E-state index in [0.717, 1.165) is 0 Å². The van der Waals surface area contributed by atoms with E-state index in [1.54, 1.807) is 0 Å². The van der Waals surface area contributed by atoms with Crippen LogP contribution >= 0.6 is 0 Å². The molecule has 0 saturated carbocycles. The Morgan fingerprint density at radius 1 is 0.688 bits per heavy atom. The van der Waals surface area contributed by atoms with E-state index in [2.05, 4.69) is 66.5 Å². The summed E-state index contributed by atoms with van der Waals surface area (Å²) >= 11 is 0. The Bertz CT molecular complexity index is 678. The standard InChI is InChI=1S/C15H13N/c1-11-5-4-8-14-12-6-2-3-7-13(12)15(16-14)10-9-11/h2-10,16H,1H3. The molecule has 0 fully saturated rings. The molecule has 2 aromatic heterocycles. The van der Waals surface area contributed by atoms with Crippen molar-refractivity contribution in [2.75, 3.05) is 0 Å². The smallest absolute Gasteiger partial charge is 0.0464 e. The molecule has 2 heterocycles. The lowest BCUT2D eigenvalue weighted by molar-refractivity contribution is 1.50. The summed E-state index contributed by atoms with van der Waals surface area (Å²) in [6.45, 7) is 2.11. The molecule has 0 aliphatic heterocycles. The molecule has 0 radical (unpaired) electrons. The van der Waals surface area contributed by atoms with Gasteiger partial charge in [-0.15, -0.1) is 0 Å². The molecule has 1 heteroatoms. The lowest BCUT2D eigenvalue weighted by Gasteiger charge is -1.88. The number of aromatic nitrogens is 1. The third kappa shape index (κ3) is 1.41. The first kappa shape index (κ1) is 9.22. The molecule has 0 spiro atoms. The summed E-state index contributed by atoms with van der Waals surface area (Å²) in [5, 5.41) is 2.57. The van der Waals surface area contributed by atoms with Gasteiger partial charge < -0.3 is 4.98 Å². The fraction of sp³-hybridized carbons (Fsp3) is 0.0667. The first-order chi connectivity index (χ1) is 7.84.